The van der Waals surface area contributed by atoms with E-state index in [0.29, 0.717) is 29.5 Å². The highest BCUT2D eigenvalue weighted by Crippen LogP contribution is 2.30. The summed E-state index contributed by atoms with van der Waals surface area (Å²) in [5, 5.41) is 10.2. The minimum atomic E-state index is -0.227. The predicted molar refractivity (Wildman–Crippen MR) is 129 cm³/mol. The molecule has 0 spiro atoms. The maximum Gasteiger partial charge on any atom is 0.229 e. The van der Waals surface area contributed by atoms with E-state index >= 15 is 0 Å². The van der Waals surface area contributed by atoms with Crippen LogP contribution in [0.4, 0.5) is 17.2 Å². The van der Waals surface area contributed by atoms with Crippen molar-refractivity contribution in [3.05, 3.63) is 48.0 Å². The Morgan fingerprint density at radius 2 is 1.88 bits per heavy atom. The first-order valence-electron chi connectivity index (χ1n) is 11.2. The van der Waals surface area contributed by atoms with Gasteiger partial charge in [-0.3, -0.25) is 9.59 Å². The summed E-state index contributed by atoms with van der Waals surface area (Å²) in [5.41, 5.74) is 3.02. The number of carbonyl (C=O) groups excluding carboxylic acids is 2. The second-order valence-corrected chi connectivity index (χ2v) is 8.44. The first kappa shape index (κ1) is 23.2. The number of carbonyl (C=O) groups is 2. The SMILES string of the molecule is COc1ccc(NC(C)=O)cc1NC(=O)C1CCCN(c2cc(-n3nc(C)cc3C)ncn2)C1. The molecule has 1 unspecified atom stereocenters. The topological polar surface area (TPSA) is 114 Å². The lowest BCUT2D eigenvalue weighted by Crippen LogP contribution is -2.41. The number of hydrogen-bond acceptors (Lipinski definition) is 7. The number of benzene rings is 1. The molecule has 1 saturated heterocycles. The molecule has 10 nitrogen and oxygen atoms in total. The minimum Gasteiger partial charge on any atom is -0.495 e. The lowest BCUT2D eigenvalue weighted by Gasteiger charge is -2.33. The molecule has 0 bridgehead atoms. The molecule has 1 atom stereocenters. The number of amides is 2. The smallest absolute Gasteiger partial charge is 0.229 e. The highest BCUT2D eigenvalue weighted by molar-refractivity contribution is 5.96. The maximum absolute atomic E-state index is 13.2. The average molecular weight is 464 g/mol. The van der Waals surface area contributed by atoms with Gasteiger partial charge in [0.15, 0.2) is 5.82 Å². The monoisotopic (exact) mass is 463 g/mol. The van der Waals surface area contributed by atoms with Crippen LogP contribution in [-0.2, 0) is 9.59 Å². The summed E-state index contributed by atoms with van der Waals surface area (Å²) < 4.78 is 7.18. The molecule has 0 saturated carbocycles. The van der Waals surface area contributed by atoms with Crippen molar-refractivity contribution in [2.24, 2.45) is 5.92 Å². The Hall–Kier alpha value is -3.95. The van der Waals surface area contributed by atoms with Crippen LogP contribution in [0.2, 0.25) is 0 Å². The van der Waals surface area contributed by atoms with Crippen LogP contribution in [0.25, 0.3) is 5.82 Å². The van der Waals surface area contributed by atoms with Gasteiger partial charge in [-0.15, -0.1) is 0 Å². The van der Waals surface area contributed by atoms with Crippen LogP contribution < -0.4 is 20.3 Å². The molecule has 1 aliphatic heterocycles. The number of ether oxygens (including phenoxy) is 1. The minimum absolute atomic E-state index is 0.101. The van der Waals surface area contributed by atoms with Gasteiger partial charge in [0.1, 0.15) is 17.9 Å². The highest BCUT2D eigenvalue weighted by Gasteiger charge is 2.27. The van der Waals surface area contributed by atoms with Gasteiger partial charge in [-0.25, -0.2) is 14.6 Å². The molecule has 1 fully saturated rings. The number of nitrogens with zero attached hydrogens (tertiary/aromatic N) is 5. The summed E-state index contributed by atoms with van der Waals surface area (Å²) in [7, 11) is 1.54. The number of methoxy groups -OCH3 is 1. The highest BCUT2D eigenvalue weighted by atomic mass is 16.5. The molecule has 2 amide bonds. The molecular weight excluding hydrogens is 434 g/mol. The summed E-state index contributed by atoms with van der Waals surface area (Å²) in [4.78, 5) is 35.5. The molecule has 34 heavy (non-hydrogen) atoms. The third-order valence-corrected chi connectivity index (χ3v) is 5.76. The Balaban J connectivity index is 1.49. The average Bonchev–Trinajstić information content (AvgIpc) is 3.17. The van der Waals surface area contributed by atoms with E-state index in [9.17, 15) is 9.59 Å². The molecule has 2 aromatic heterocycles. The van der Waals surface area contributed by atoms with Gasteiger partial charge in [0.2, 0.25) is 11.8 Å². The van der Waals surface area contributed by atoms with Gasteiger partial charge in [-0.05, 0) is 51.0 Å². The fraction of sp³-hybridized carbons (Fsp3) is 0.375. The van der Waals surface area contributed by atoms with Crippen LogP contribution >= 0.6 is 0 Å². The van der Waals surface area contributed by atoms with E-state index in [1.807, 2.05) is 26.0 Å². The Morgan fingerprint density at radius 1 is 1.09 bits per heavy atom. The van der Waals surface area contributed by atoms with Gasteiger partial charge in [-0.1, -0.05) is 0 Å². The van der Waals surface area contributed by atoms with Crippen molar-refractivity contribution in [3.8, 4) is 11.6 Å². The number of aromatic nitrogens is 4. The second-order valence-electron chi connectivity index (χ2n) is 8.44. The summed E-state index contributed by atoms with van der Waals surface area (Å²) in [5.74, 6) is 1.48. The molecule has 0 aliphatic carbocycles. The van der Waals surface area contributed by atoms with Crippen LogP contribution in [0, 0.1) is 19.8 Å². The molecule has 10 heteroatoms. The standard InChI is InChI=1S/C24H29N7O3/c1-15-10-16(2)31(29-15)23-12-22(25-14-26-23)30-9-5-6-18(13-30)24(33)28-20-11-19(27-17(3)32)7-8-21(20)34-4/h7-8,10-12,14,18H,5-6,9,13H2,1-4H3,(H,27,32)(H,28,33). The number of aryl methyl sites for hydroxylation is 2. The molecule has 0 radical (unpaired) electrons. The lowest BCUT2D eigenvalue weighted by atomic mass is 9.97. The van der Waals surface area contributed by atoms with Crippen molar-refractivity contribution in [2.75, 3.05) is 35.7 Å². The Labute approximate surface area is 198 Å². The first-order chi connectivity index (χ1) is 16.3. The van der Waals surface area contributed by atoms with Crippen LogP contribution in [0.1, 0.15) is 31.2 Å². The van der Waals surface area contributed by atoms with Gasteiger partial charge in [0, 0.05) is 37.5 Å². The molecule has 1 aromatic carbocycles. The van der Waals surface area contributed by atoms with E-state index in [0.717, 1.165) is 36.6 Å². The van der Waals surface area contributed by atoms with Crippen molar-refractivity contribution >= 4 is 29.0 Å². The molecule has 2 N–H and O–H groups in total. The Bertz CT molecular complexity index is 1210. The fourth-order valence-corrected chi connectivity index (χ4v) is 4.21. The molecule has 1 aliphatic rings. The number of piperidine rings is 1. The van der Waals surface area contributed by atoms with Crippen molar-refractivity contribution in [1.29, 1.82) is 0 Å². The van der Waals surface area contributed by atoms with Crippen LogP contribution in [-0.4, -0.2) is 51.8 Å². The second kappa shape index (κ2) is 9.90. The lowest BCUT2D eigenvalue weighted by molar-refractivity contribution is -0.120. The first-order valence-corrected chi connectivity index (χ1v) is 11.2. The van der Waals surface area contributed by atoms with E-state index in [1.54, 1.807) is 30.0 Å². The molecule has 3 heterocycles. The third kappa shape index (κ3) is 5.16. The summed E-state index contributed by atoms with van der Waals surface area (Å²) in [6.07, 6.45) is 3.16. The van der Waals surface area contributed by atoms with Crippen molar-refractivity contribution in [3.63, 3.8) is 0 Å². The number of rotatable bonds is 6. The molecule has 4 rings (SSSR count). The van der Waals surface area contributed by atoms with Gasteiger partial charge < -0.3 is 20.3 Å². The van der Waals surface area contributed by atoms with Crippen molar-refractivity contribution in [1.82, 2.24) is 19.7 Å². The normalized spacial score (nSPS) is 15.6. The van der Waals surface area contributed by atoms with Crippen LogP contribution in [0.15, 0.2) is 36.7 Å². The molecule has 178 valence electrons. The van der Waals surface area contributed by atoms with Gasteiger partial charge in [0.25, 0.3) is 0 Å². The molecule has 3 aromatic rings. The van der Waals surface area contributed by atoms with E-state index < -0.39 is 0 Å². The van der Waals surface area contributed by atoms with E-state index in [4.69, 9.17) is 4.74 Å². The van der Waals surface area contributed by atoms with Crippen molar-refractivity contribution < 1.29 is 14.3 Å². The number of hydrogen-bond donors (Lipinski definition) is 2. The zero-order valence-corrected chi connectivity index (χ0v) is 19.8. The van der Waals surface area contributed by atoms with Gasteiger partial charge in [0.05, 0.1) is 24.4 Å². The summed E-state index contributed by atoms with van der Waals surface area (Å²) in [6, 6.07) is 9.05. The largest absolute Gasteiger partial charge is 0.495 e. The Kier molecular flexibility index (Phi) is 6.76. The maximum atomic E-state index is 13.2. The number of anilines is 3. The summed E-state index contributed by atoms with van der Waals surface area (Å²) in [6.45, 7) is 6.71. The Morgan fingerprint density at radius 3 is 2.59 bits per heavy atom. The van der Waals surface area contributed by atoms with Crippen molar-refractivity contribution in [2.45, 2.75) is 33.6 Å². The quantitative estimate of drug-likeness (QED) is 0.577. The zero-order chi connectivity index (χ0) is 24.2. The van der Waals surface area contributed by atoms with Gasteiger partial charge >= 0.3 is 0 Å². The summed E-state index contributed by atoms with van der Waals surface area (Å²) >= 11 is 0. The predicted octanol–water partition coefficient (Wildman–Crippen LogP) is 3.10. The van der Waals surface area contributed by atoms with Crippen LogP contribution in [0.5, 0.6) is 5.75 Å². The zero-order valence-electron chi connectivity index (χ0n) is 19.8. The van der Waals surface area contributed by atoms with E-state index in [-0.39, 0.29) is 17.7 Å². The van der Waals surface area contributed by atoms with E-state index in [1.165, 1.54) is 13.3 Å². The van der Waals surface area contributed by atoms with Crippen LogP contribution in [0.3, 0.4) is 0 Å². The number of nitrogens with one attached hydrogen (secondary N) is 2. The third-order valence-electron chi connectivity index (χ3n) is 5.76. The van der Waals surface area contributed by atoms with Gasteiger partial charge in [-0.2, -0.15) is 5.10 Å². The fourth-order valence-electron chi connectivity index (χ4n) is 4.21. The molecular formula is C24H29N7O3. The van der Waals surface area contributed by atoms with E-state index in [2.05, 4.69) is 30.6 Å².